The fourth-order valence-electron chi connectivity index (χ4n) is 3.15. The normalized spacial score (nSPS) is 19.9. The minimum atomic E-state index is -0.221. The number of hydrogen-bond donors (Lipinski definition) is 1. The molecular formula is C20H24N2O3. The number of aryl methyl sites for hydroxylation is 2. The second kappa shape index (κ2) is 7.15. The third-order valence-electron chi connectivity index (χ3n) is 4.57. The molecule has 1 fully saturated rings. The van der Waals surface area contributed by atoms with Gasteiger partial charge < -0.3 is 20.1 Å². The second-order valence-electron chi connectivity index (χ2n) is 6.53. The van der Waals surface area contributed by atoms with Crippen LogP contribution in [0.15, 0.2) is 42.5 Å². The number of anilines is 1. The van der Waals surface area contributed by atoms with Crippen molar-refractivity contribution in [1.29, 1.82) is 0 Å². The summed E-state index contributed by atoms with van der Waals surface area (Å²) in [5, 5.41) is 0. The molecule has 1 heterocycles. The highest BCUT2D eigenvalue weighted by Gasteiger charge is 2.37. The van der Waals surface area contributed by atoms with Gasteiger partial charge in [-0.25, -0.2) is 0 Å². The summed E-state index contributed by atoms with van der Waals surface area (Å²) >= 11 is 0. The van der Waals surface area contributed by atoms with Crippen LogP contribution in [-0.4, -0.2) is 43.2 Å². The largest absolute Gasteiger partial charge is 0.486 e. The molecule has 2 N–H and O–H groups in total. The molecule has 25 heavy (non-hydrogen) atoms. The van der Waals surface area contributed by atoms with Crippen LogP contribution in [-0.2, 0) is 4.74 Å². The third-order valence-corrected chi connectivity index (χ3v) is 4.57. The maximum atomic E-state index is 12.9. The average molecular weight is 340 g/mol. The molecule has 5 heteroatoms. The van der Waals surface area contributed by atoms with Crippen LogP contribution < -0.4 is 10.5 Å². The monoisotopic (exact) mass is 340 g/mol. The van der Waals surface area contributed by atoms with E-state index in [1.54, 1.807) is 18.1 Å². The zero-order chi connectivity index (χ0) is 18.0. The van der Waals surface area contributed by atoms with Gasteiger partial charge in [-0.1, -0.05) is 23.8 Å². The predicted molar refractivity (Wildman–Crippen MR) is 97.9 cm³/mol. The Morgan fingerprint density at radius 2 is 1.88 bits per heavy atom. The molecule has 3 rings (SSSR count). The van der Waals surface area contributed by atoms with E-state index in [-0.39, 0.29) is 18.1 Å². The number of methoxy groups -OCH3 is 1. The fourth-order valence-corrected chi connectivity index (χ4v) is 3.15. The molecule has 5 nitrogen and oxygen atoms in total. The van der Waals surface area contributed by atoms with Gasteiger partial charge in [-0.2, -0.15) is 0 Å². The van der Waals surface area contributed by atoms with E-state index in [0.717, 1.165) is 16.7 Å². The van der Waals surface area contributed by atoms with Crippen LogP contribution in [0.3, 0.4) is 0 Å². The van der Waals surface area contributed by atoms with Gasteiger partial charge in [0, 0.05) is 24.4 Å². The Hall–Kier alpha value is -2.53. The lowest BCUT2D eigenvalue weighted by Crippen LogP contribution is -2.32. The molecule has 132 valence electrons. The molecule has 0 aliphatic carbocycles. The molecule has 0 spiro atoms. The lowest BCUT2D eigenvalue weighted by Gasteiger charge is -2.19. The van der Waals surface area contributed by atoms with Crippen LogP contribution in [0.5, 0.6) is 5.75 Å². The highest BCUT2D eigenvalue weighted by Crippen LogP contribution is 2.24. The van der Waals surface area contributed by atoms with E-state index in [1.165, 1.54) is 0 Å². The number of nitrogens with zero attached hydrogens (tertiary/aromatic N) is 1. The lowest BCUT2D eigenvalue weighted by atomic mass is 10.0. The highest BCUT2D eigenvalue weighted by atomic mass is 16.5. The maximum absolute atomic E-state index is 12.9. The number of benzene rings is 2. The Balaban J connectivity index is 1.76. The first-order valence-electron chi connectivity index (χ1n) is 8.39. The Bertz CT molecular complexity index is 775. The number of amides is 1. The molecule has 1 aliphatic heterocycles. The van der Waals surface area contributed by atoms with Gasteiger partial charge in [0.25, 0.3) is 5.91 Å². The number of hydrogen-bond acceptors (Lipinski definition) is 4. The number of nitrogens with two attached hydrogens (primary N) is 1. The molecule has 0 radical (unpaired) electrons. The van der Waals surface area contributed by atoms with Crippen LogP contribution in [0.1, 0.15) is 21.5 Å². The van der Waals surface area contributed by atoms with Gasteiger partial charge in [0.05, 0.1) is 13.1 Å². The van der Waals surface area contributed by atoms with Crippen molar-refractivity contribution >= 4 is 11.6 Å². The van der Waals surface area contributed by atoms with Crippen LogP contribution in [0.4, 0.5) is 5.69 Å². The standard InChI is InChI=1S/C20H24N2O3/c1-13-7-8-14(2)17(9-13)20(23)22-11-18(24-3)19(12-22)25-16-6-4-5-15(21)10-16/h4-10,18-19H,11-12,21H2,1-3H3/t18?,19-/m1/s1. The first-order chi connectivity index (χ1) is 12.0. The second-order valence-corrected chi connectivity index (χ2v) is 6.53. The quantitative estimate of drug-likeness (QED) is 0.869. The minimum Gasteiger partial charge on any atom is -0.486 e. The minimum absolute atomic E-state index is 0.0157. The first kappa shape index (κ1) is 17.3. The van der Waals surface area contributed by atoms with Crippen LogP contribution in [0.25, 0.3) is 0 Å². The summed E-state index contributed by atoms with van der Waals surface area (Å²) < 4.78 is 11.6. The van der Waals surface area contributed by atoms with Crippen molar-refractivity contribution in [3.63, 3.8) is 0 Å². The summed E-state index contributed by atoms with van der Waals surface area (Å²) in [7, 11) is 1.65. The summed E-state index contributed by atoms with van der Waals surface area (Å²) in [5.41, 5.74) is 9.24. The van der Waals surface area contributed by atoms with Gasteiger partial charge >= 0.3 is 0 Å². The van der Waals surface area contributed by atoms with Crippen LogP contribution in [0, 0.1) is 13.8 Å². The first-order valence-corrected chi connectivity index (χ1v) is 8.39. The predicted octanol–water partition coefficient (Wildman–Crippen LogP) is 2.80. The maximum Gasteiger partial charge on any atom is 0.254 e. The van der Waals surface area contributed by atoms with Crippen molar-refractivity contribution in [2.24, 2.45) is 0 Å². The Morgan fingerprint density at radius 3 is 2.60 bits per heavy atom. The molecular weight excluding hydrogens is 316 g/mol. The third kappa shape index (κ3) is 3.77. The number of likely N-dealkylation sites (tertiary alicyclic amines) is 1. The molecule has 0 aromatic heterocycles. The van der Waals surface area contributed by atoms with Crippen molar-refractivity contribution in [2.45, 2.75) is 26.1 Å². The van der Waals surface area contributed by atoms with Gasteiger partial charge in [0.2, 0.25) is 0 Å². The Kier molecular flexibility index (Phi) is 4.95. The van der Waals surface area contributed by atoms with Crippen molar-refractivity contribution in [3.05, 3.63) is 59.2 Å². The van der Waals surface area contributed by atoms with Crippen LogP contribution in [0.2, 0.25) is 0 Å². The number of carbonyl (C=O) groups excluding carboxylic acids is 1. The summed E-state index contributed by atoms with van der Waals surface area (Å²) in [6.07, 6.45) is -0.392. The number of carbonyl (C=O) groups is 1. The molecule has 1 aliphatic rings. The van der Waals surface area contributed by atoms with E-state index < -0.39 is 0 Å². The van der Waals surface area contributed by atoms with Gasteiger partial charge in [-0.15, -0.1) is 0 Å². The molecule has 1 saturated heterocycles. The summed E-state index contributed by atoms with van der Waals surface area (Å²) in [4.78, 5) is 14.7. The molecule has 1 amide bonds. The SMILES string of the molecule is COC1CN(C(=O)c2cc(C)ccc2C)C[C@H]1Oc1cccc(N)c1. The van der Waals surface area contributed by atoms with Gasteiger partial charge in [-0.05, 0) is 37.6 Å². The molecule has 2 aromatic rings. The number of nitrogen functional groups attached to an aromatic ring is 1. The number of rotatable bonds is 4. The highest BCUT2D eigenvalue weighted by molar-refractivity contribution is 5.96. The van der Waals surface area contributed by atoms with E-state index in [4.69, 9.17) is 15.2 Å². The number of ether oxygens (including phenoxy) is 2. The van der Waals surface area contributed by atoms with Crippen molar-refractivity contribution in [1.82, 2.24) is 4.90 Å². The molecule has 0 bridgehead atoms. The van der Waals surface area contributed by atoms with E-state index in [9.17, 15) is 4.79 Å². The van der Waals surface area contributed by atoms with Crippen molar-refractivity contribution < 1.29 is 14.3 Å². The summed E-state index contributed by atoms with van der Waals surface area (Å²) in [6, 6.07) is 13.2. The average Bonchev–Trinajstić information content (AvgIpc) is 2.99. The van der Waals surface area contributed by atoms with Crippen molar-refractivity contribution in [3.8, 4) is 5.75 Å². The Morgan fingerprint density at radius 1 is 1.12 bits per heavy atom. The van der Waals surface area contributed by atoms with Crippen molar-refractivity contribution in [2.75, 3.05) is 25.9 Å². The summed E-state index contributed by atoms with van der Waals surface area (Å²) in [6.45, 7) is 4.94. The van der Waals surface area contributed by atoms with E-state index >= 15 is 0 Å². The molecule has 0 saturated carbocycles. The molecule has 2 atom stereocenters. The molecule has 2 aromatic carbocycles. The molecule has 1 unspecified atom stereocenters. The van der Waals surface area contributed by atoms with Gasteiger partial charge in [0.1, 0.15) is 18.0 Å². The van der Waals surface area contributed by atoms with Gasteiger partial charge in [0.15, 0.2) is 0 Å². The van der Waals surface area contributed by atoms with E-state index in [0.29, 0.717) is 24.5 Å². The topological polar surface area (TPSA) is 64.8 Å². The fraction of sp³-hybridized carbons (Fsp3) is 0.350. The summed E-state index contributed by atoms with van der Waals surface area (Å²) in [5.74, 6) is 0.704. The van der Waals surface area contributed by atoms with Crippen LogP contribution >= 0.6 is 0 Å². The smallest absolute Gasteiger partial charge is 0.254 e. The zero-order valence-electron chi connectivity index (χ0n) is 14.9. The zero-order valence-corrected chi connectivity index (χ0v) is 14.9. The Labute approximate surface area is 148 Å². The van der Waals surface area contributed by atoms with Gasteiger partial charge in [-0.3, -0.25) is 4.79 Å². The van der Waals surface area contributed by atoms with E-state index in [2.05, 4.69) is 0 Å². The van der Waals surface area contributed by atoms with E-state index in [1.807, 2.05) is 50.2 Å². The lowest BCUT2D eigenvalue weighted by molar-refractivity contribution is 0.0340.